The van der Waals surface area contributed by atoms with Crippen LogP contribution in [0.25, 0.3) is 0 Å². The Labute approximate surface area is 316 Å². The van der Waals surface area contributed by atoms with Crippen molar-refractivity contribution in [3.05, 3.63) is 70.3 Å². The first-order chi connectivity index (χ1) is 25.0. The molecule has 0 aromatic heterocycles. The van der Waals surface area contributed by atoms with Gasteiger partial charge in [-0.2, -0.15) is 4.36 Å². The lowest BCUT2D eigenvalue weighted by Gasteiger charge is -2.52. The van der Waals surface area contributed by atoms with Gasteiger partial charge < -0.3 is 18.9 Å². The molecule has 1 amide bonds. The number of ether oxygens (including phenoxy) is 2. The topological polar surface area (TPSA) is 77.8 Å². The number of hydrogen-bond donors (Lipinski definition) is 1. The molecule has 4 aliphatic heterocycles. The zero-order valence-electron chi connectivity index (χ0n) is 31.3. The molecule has 0 radical (unpaired) electrons. The van der Waals surface area contributed by atoms with Crippen LogP contribution >= 0.6 is 11.6 Å². The van der Waals surface area contributed by atoms with Gasteiger partial charge in [0.1, 0.15) is 11.4 Å². The van der Waals surface area contributed by atoms with E-state index in [-0.39, 0.29) is 16.6 Å². The molecule has 6 aliphatic rings. The lowest BCUT2D eigenvalue weighted by molar-refractivity contribution is -0.0974. The molecule has 2 bridgehead atoms. The van der Waals surface area contributed by atoms with Gasteiger partial charge in [0, 0.05) is 73.7 Å². The number of benzene rings is 2. The molecule has 10 heteroatoms. The molecule has 8 rings (SSSR count). The molecule has 8 nitrogen and oxygen atoms in total. The Morgan fingerprint density at radius 3 is 2.77 bits per heavy atom. The first kappa shape index (κ1) is 36.6. The molecular weight excluding hydrogens is 692 g/mol. The second-order valence-electron chi connectivity index (χ2n) is 16.9. The number of carbonyl (C=O) groups is 1. The van der Waals surface area contributed by atoms with E-state index in [0.29, 0.717) is 30.0 Å². The summed E-state index contributed by atoms with van der Waals surface area (Å²) in [7, 11) is -0.902. The van der Waals surface area contributed by atoms with Crippen molar-refractivity contribution < 1.29 is 18.8 Å². The van der Waals surface area contributed by atoms with Crippen molar-refractivity contribution in [3.8, 4) is 5.75 Å². The van der Waals surface area contributed by atoms with Crippen LogP contribution in [0.15, 0.2) is 52.9 Å². The van der Waals surface area contributed by atoms with E-state index in [1.54, 1.807) is 6.07 Å². The van der Waals surface area contributed by atoms with Crippen LogP contribution in [-0.2, 0) is 26.3 Å². The molecule has 282 valence electrons. The van der Waals surface area contributed by atoms with Crippen LogP contribution in [-0.4, -0.2) is 103 Å². The number of hydrogen-bond acceptors (Lipinski definition) is 6. The van der Waals surface area contributed by atoms with E-state index >= 15 is 0 Å². The predicted octanol–water partition coefficient (Wildman–Crippen LogP) is 7.37. The van der Waals surface area contributed by atoms with Gasteiger partial charge in [-0.3, -0.25) is 14.6 Å². The average molecular weight is 749 g/mol. The second-order valence-corrected chi connectivity index (χ2v) is 19.7. The van der Waals surface area contributed by atoms with Gasteiger partial charge in [-0.15, -0.1) is 0 Å². The van der Waals surface area contributed by atoms with E-state index in [1.807, 2.05) is 32.2 Å². The standard InChI is InChI=1S/C42H57ClN4O4S/c1-29-8-5-18-42(50-3,27-45-20-21-46-19-7-10-35(46)25-45)37-14-11-33(37)24-47-26-41(17-6-9-31-22-34(43)13-15-36(31)41)28-51-39-16-12-32(23-38(39)47)40(48)44-52(4,49)30(29)2/h5,12-13,15-16,18,22-23,29-30,33,35,37H,4,6-11,14,17,19-21,24-28H2,1-3H3,(H,44,48,49). The summed E-state index contributed by atoms with van der Waals surface area (Å²) in [5.74, 6) is 5.33. The van der Waals surface area contributed by atoms with Gasteiger partial charge in [0.15, 0.2) is 0 Å². The molecule has 1 spiro atoms. The highest BCUT2D eigenvalue weighted by atomic mass is 35.5. The number of carbonyl (C=O) groups excluding carboxylic acids is 1. The summed E-state index contributed by atoms with van der Waals surface area (Å²) in [5, 5.41) is 0.510. The van der Waals surface area contributed by atoms with Gasteiger partial charge in [-0.05, 0) is 133 Å². The van der Waals surface area contributed by atoms with E-state index in [0.717, 1.165) is 94.3 Å². The zero-order chi connectivity index (χ0) is 36.3. The van der Waals surface area contributed by atoms with Crippen molar-refractivity contribution in [3.63, 3.8) is 0 Å². The van der Waals surface area contributed by atoms with Crippen LogP contribution in [0, 0.1) is 17.8 Å². The van der Waals surface area contributed by atoms with Crippen molar-refractivity contribution in [2.24, 2.45) is 22.1 Å². The monoisotopic (exact) mass is 748 g/mol. The third-order valence-electron chi connectivity index (χ3n) is 13.9. The fourth-order valence-electron chi connectivity index (χ4n) is 10.4. The summed E-state index contributed by atoms with van der Waals surface area (Å²) < 4.78 is 29.6. The SMILES string of the molecule is C=S1(O)=NC(=O)c2ccc3c(c2)N(CC2CCC2C(CN2CCN4CCCC4C2)(OC)C=CCC(C)C1C)CC1(CCCc2cc(Cl)ccc21)CO3. The fourth-order valence-corrected chi connectivity index (χ4v) is 12.0. The number of methoxy groups -OCH3 is 1. The summed E-state index contributed by atoms with van der Waals surface area (Å²) >= 11 is 6.53. The lowest BCUT2D eigenvalue weighted by Crippen LogP contribution is -2.60. The number of anilines is 1. The summed E-state index contributed by atoms with van der Waals surface area (Å²) in [4.78, 5) is 21.7. The van der Waals surface area contributed by atoms with Gasteiger partial charge in [0.05, 0.1) is 12.3 Å². The second kappa shape index (κ2) is 14.3. The molecule has 2 aromatic rings. The smallest absolute Gasteiger partial charge is 0.284 e. The molecule has 1 saturated carbocycles. The molecule has 2 aromatic carbocycles. The average Bonchev–Trinajstić information content (AvgIpc) is 3.53. The minimum absolute atomic E-state index is 0.0763. The van der Waals surface area contributed by atoms with E-state index in [4.69, 9.17) is 21.1 Å². The Morgan fingerprint density at radius 2 is 1.96 bits per heavy atom. The van der Waals surface area contributed by atoms with E-state index < -0.39 is 21.2 Å². The highest BCUT2D eigenvalue weighted by Crippen LogP contribution is 2.49. The van der Waals surface area contributed by atoms with Crippen LogP contribution in [0.2, 0.25) is 5.02 Å². The summed E-state index contributed by atoms with van der Waals surface area (Å²) in [6.07, 6.45) is 13.4. The summed E-state index contributed by atoms with van der Waals surface area (Å²) in [5.41, 5.74) is 3.38. The zero-order valence-corrected chi connectivity index (χ0v) is 32.8. The van der Waals surface area contributed by atoms with Crippen LogP contribution in [0.3, 0.4) is 0 Å². The van der Waals surface area contributed by atoms with Gasteiger partial charge in [0.25, 0.3) is 5.91 Å². The molecule has 2 aliphatic carbocycles. The Balaban J connectivity index is 1.21. The third-order valence-corrected chi connectivity index (χ3v) is 16.2. The quantitative estimate of drug-likeness (QED) is 0.260. The Hall–Kier alpha value is -2.40. The van der Waals surface area contributed by atoms with Crippen LogP contribution in [0.5, 0.6) is 5.75 Å². The first-order valence-corrected chi connectivity index (χ1v) is 21.8. The molecule has 8 unspecified atom stereocenters. The number of allylic oxidation sites excluding steroid dienone is 1. The summed E-state index contributed by atoms with van der Waals surface area (Å²) in [6.45, 7) is 11.7. The number of rotatable bonds is 3. The number of piperazine rings is 1. The van der Waals surface area contributed by atoms with Gasteiger partial charge in [0.2, 0.25) is 0 Å². The Morgan fingerprint density at radius 1 is 1.10 bits per heavy atom. The third kappa shape index (κ3) is 6.77. The summed E-state index contributed by atoms with van der Waals surface area (Å²) in [6, 6.07) is 12.7. The van der Waals surface area contributed by atoms with Crippen molar-refractivity contribution in [2.45, 2.75) is 87.5 Å². The minimum atomic E-state index is -2.82. The number of amides is 1. The maximum atomic E-state index is 13.8. The van der Waals surface area contributed by atoms with Crippen LogP contribution in [0.1, 0.15) is 80.3 Å². The molecule has 8 atom stereocenters. The largest absolute Gasteiger partial charge is 0.490 e. The van der Waals surface area contributed by atoms with E-state index in [2.05, 4.69) is 56.1 Å². The van der Waals surface area contributed by atoms with Gasteiger partial charge in [-0.1, -0.05) is 43.7 Å². The Kier molecular flexibility index (Phi) is 10.1. The lowest BCUT2D eigenvalue weighted by atomic mass is 9.63. The molecular formula is C42H57ClN4O4S. The van der Waals surface area contributed by atoms with Crippen molar-refractivity contribution in [1.29, 1.82) is 0 Å². The molecule has 4 heterocycles. The highest BCUT2D eigenvalue weighted by molar-refractivity contribution is 7.98. The van der Waals surface area contributed by atoms with E-state index in [9.17, 15) is 9.35 Å². The first-order valence-electron chi connectivity index (χ1n) is 19.6. The van der Waals surface area contributed by atoms with Gasteiger partial charge in [-0.25, -0.2) is 0 Å². The van der Waals surface area contributed by atoms with Crippen LogP contribution in [0.4, 0.5) is 5.69 Å². The molecule has 3 fully saturated rings. The van der Waals surface area contributed by atoms with Crippen molar-refractivity contribution >= 4 is 38.8 Å². The molecule has 2 saturated heterocycles. The Bertz CT molecular complexity index is 1840. The molecule has 1 N–H and O–H groups in total. The predicted molar refractivity (Wildman–Crippen MR) is 213 cm³/mol. The number of nitrogens with zero attached hydrogens (tertiary/aromatic N) is 4. The van der Waals surface area contributed by atoms with Crippen molar-refractivity contribution in [1.82, 2.24) is 9.80 Å². The van der Waals surface area contributed by atoms with E-state index in [1.165, 1.54) is 30.5 Å². The van der Waals surface area contributed by atoms with Gasteiger partial charge >= 0.3 is 0 Å². The van der Waals surface area contributed by atoms with Crippen molar-refractivity contribution in [2.75, 3.05) is 64.4 Å². The maximum absolute atomic E-state index is 13.8. The molecule has 52 heavy (non-hydrogen) atoms. The minimum Gasteiger partial charge on any atom is -0.490 e. The van der Waals surface area contributed by atoms with Crippen LogP contribution < -0.4 is 9.64 Å². The number of aryl methyl sites for hydroxylation is 1. The highest BCUT2D eigenvalue weighted by Gasteiger charge is 2.50. The number of fused-ring (bicyclic) bond motifs is 5. The number of halogens is 1. The fraction of sp³-hybridized carbons (Fsp3) is 0.619. The normalized spacial score (nSPS) is 36.9. The maximum Gasteiger partial charge on any atom is 0.284 e.